The molecular weight excluding hydrogens is 360 g/mol. The van der Waals surface area contributed by atoms with Gasteiger partial charge >= 0.3 is 5.97 Å². The van der Waals surface area contributed by atoms with Crippen molar-refractivity contribution in [3.8, 4) is 6.07 Å². The molecule has 0 atom stereocenters. The van der Waals surface area contributed by atoms with E-state index in [2.05, 4.69) is 21.2 Å². The lowest BCUT2D eigenvalue weighted by molar-refractivity contribution is -0.119. The van der Waals surface area contributed by atoms with Crippen LogP contribution in [0.15, 0.2) is 46.9 Å². The molecule has 0 saturated heterocycles. The fraction of sp³-hybridized carbons (Fsp3) is 0.118. The number of halogens is 1. The predicted octanol–water partition coefficient (Wildman–Crippen LogP) is 3.42. The van der Waals surface area contributed by atoms with Gasteiger partial charge in [-0.25, -0.2) is 4.79 Å². The van der Waals surface area contributed by atoms with Gasteiger partial charge in [-0.05, 0) is 48.9 Å². The van der Waals surface area contributed by atoms with Crippen molar-refractivity contribution in [1.82, 2.24) is 0 Å². The van der Waals surface area contributed by atoms with Gasteiger partial charge in [0.25, 0.3) is 5.91 Å². The number of nitrogens with one attached hydrogen (secondary N) is 1. The van der Waals surface area contributed by atoms with Gasteiger partial charge in [-0.3, -0.25) is 4.79 Å². The number of rotatable bonds is 4. The number of amides is 1. The first-order valence-corrected chi connectivity index (χ1v) is 7.52. The monoisotopic (exact) mass is 372 g/mol. The SMILES string of the molecule is Cc1cc(NC(=O)COC(=O)c2cccc(C#N)c2)ccc1Br. The quantitative estimate of drug-likeness (QED) is 0.833. The minimum atomic E-state index is -0.649. The number of esters is 1. The lowest BCUT2D eigenvalue weighted by atomic mass is 10.1. The first-order chi connectivity index (χ1) is 11.0. The molecule has 0 bridgehead atoms. The number of anilines is 1. The molecule has 6 heteroatoms. The summed E-state index contributed by atoms with van der Waals surface area (Å²) in [4.78, 5) is 23.7. The summed E-state index contributed by atoms with van der Waals surface area (Å²) in [7, 11) is 0. The van der Waals surface area contributed by atoms with E-state index in [4.69, 9.17) is 10.00 Å². The average molecular weight is 373 g/mol. The molecule has 116 valence electrons. The zero-order valence-electron chi connectivity index (χ0n) is 12.3. The largest absolute Gasteiger partial charge is 0.452 e. The number of nitrogens with zero attached hydrogens (tertiary/aromatic N) is 1. The fourth-order valence-corrected chi connectivity index (χ4v) is 2.10. The van der Waals surface area contributed by atoms with E-state index in [9.17, 15) is 9.59 Å². The smallest absolute Gasteiger partial charge is 0.338 e. The zero-order valence-corrected chi connectivity index (χ0v) is 13.9. The molecular formula is C17H13BrN2O3. The van der Waals surface area contributed by atoms with Crippen LogP contribution in [0.5, 0.6) is 0 Å². The number of carbonyl (C=O) groups excluding carboxylic acids is 2. The average Bonchev–Trinajstić information content (AvgIpc) is 2.56. The predicted molar refractivity (Wildman–Crippen MR) is 88.9 cm³/mol. The minimum Gasteiger partial charge on any atom is -0.452 e. The molecule has 1 N–H and O–H groups in total. The topological polar surface area (TPSA) is 79.2 Å². The van der Waals surface area contributed by atoms with Gasteiger partial charge in [0.05, 0.1) is 17.2 Å². The number of ether oxygens (including phenoxy) is 1. The molecule has 5 nitrogen and oxygen atoms in total. The second-order valence-corrected chi connectivity index (χ2v) is 5.64. The Labute approximate surface area is 142 Å². The Balaban J connectivity index is 1.92. The summed E-state index contributed by atoms with van der Waals surface area (Å²) in [5, 5.41) is 11.4. The van der Waals surface area contributed by atoms with Crippen molar-refractivity contribution >= 4 is 33.5 Å². The van der Waals surface area contributed by atoms with Crippen molar-refractivity contribution in [3.05, 3.63) is 63.6 Å². The van der Waals surface area contributed by atoms with Crippen LogP contribution in [-0.2, 0) is 9.53 Å². The Morgan fingerprint density at radius 1 is 1.26 bits per heavy atom. The Hall–Kier alpha value is -2.65. The maximum Gasteiger partial charge on any atom is 0.338 e. The van der Waals surface area contributed by atoms with Gasteiger partial charge in [0, 0.05) is 10.2 Å². The fourth-order valence-electron chi connectivity index (χ4n) is 1.85. The highest BCUT2D eigenvalue weighted by molar-refractivity contribution is 9.10. The summed E-state index contributed by atoms with van der Waals surface area (Å²) in [5.74, 6) is -1.08. The van der Waals surface area contributed by atoms with Gasteiger partial charge < -0.3 is 10.1 Å². The van der Waals surface area contributed by atoms with Crippen LogP contribution >= 0.6 is 15.9 Å². The summed E-state index contributed by atoms with van der Waals surface area (Å²) in [5.41, 5.74) is 2.19. The first-order valence-electron chi connectivity index (χ1n) is 6.73. The van der Waals surface area contributed by atoms with Crippen LogP contribution in [0.4, 0.5) is 5.69 Å². The van der Waals surface area contributed by atoms with E-state index in [1.165, 1.54) is 12.1 Å². The number of nitriles is 1. The highest BCUT2D eigenvalue weighted by atomic mass is 79.9. The molecule has 0 aliphatic heterocycles. The third kappa shape index (κ3) is 4.66. The molecule has 2 aromatic rings. The minimum absolute atomic E-state index is 0.233. The summed E-state index contributed by atoms with van der Waals surface area (Å²) in [6, 6.07) is 13.4. The van der Waals surface area contributed by atoms with E-state index in [0.717, 1.165) is 10.0 Å². The number of aryl methyl sites for hydroxylation is 1. The number of hydrogen-bond donors (Lipinski definition) is 1. The van der Waals surface area contributed by atoms with E-state index in [1.807, 2.05) is 19.1 Å². The standard InChI is InChI=1S/C17H13BrN2O3/c1-11-7-14(5-6-15(11)18)20-16(21)10-23-17(22)13-4-2-3-12(8-13)9-19/h2-8H,10H2,1H3,(H,20,21). The summed E-state index contributed by atoms with van der Waals surface area (Å²) in [6.45, 7) is 1.51. The maximum absolute atomic E-state index is 11.9. The molecule has 0 saturated carbocycles. The number of benzene rings is 2. The number of carbonyl (C=O) groups is 2. The lowest BCUT2D eigenvalue weighted by Crippen LogP contribution is -2.21. The normalized spacial score (nSPS) is 9.78. The Morgan fingerprint density at radius 2 is 2.04 bits per heavy atom. The summed E-state index contributed by atoms with van der Waals surface area (Å²) in [6.07, 6.45) is 0. The third-order valence-corrected chi connectivity index (χ3v) is 3.89. The van der Waals surface area contributed by atoms with Crippen molar-refractivity contribution in [2.45, 2.75) is 6.92 Å². The van der Waals surface area contributed by atoms with Crippen molar-refractivity contribution < 1.29 is 14.3 Å². The van der Waals surface area contributed by atoms with Crippen LogP contribution in [0.2, 0.25) is 0 Å². The lowest BCUT2D eigenvalue weighted by Gasteiger charge is -2.08. The van der Waals surface area contributed by atoms with Crippen molar-refractivity contribution in [2.24, 2.45) is 0 Å². The van der Waals surface area contributed by atoms with Gasteiger partial charge in [-0.1, -0.05) is 22.0 Å². The zero-order chi connectivity index (χ0) is 16.8. The van der Waals surface area contributed by atoms with Crippen molar-refractivity contribution in [1.29, 1.82) is 5.26 Å². The molecule has 2 rings (SSSR count). The molecule has 1 amide bonds. The Kier molecular flexibility index (Phi) is 5.50. The second-order valence-electron chi connectivity index (χ2n) is 4.78. The van der Waals surface area contributed by atoms with Gasteiger partial charge in [0.15, 0.2) is 6.61 Å². The molecule has 0 unspecified atom stereocenters. The van der Waals surface area contributed by atoms with Crippen LogP contribution in [0.3, 0.4) is 0 Å². The third-order valence-electron chi connectivity index (χ3n) is 3.00. The molecule has 0 aromatic heterocycles. The highest BCUT2D eigenvalue weighted by Crippen LogP contribution is 2.19. The molecule has 0 aliphatic rings. The van der Waals surface area contributed by atoms with Gasteiger partial charge in [-0.15, -0.1) is 0 Å². The van der Waals surface area contributed by atoms with E-state index in [0.29, 0.717) is 11.3 Å². The van der Waals surface area contributed by atoms with Crippen LogP contribution < -0.4 is 5.32 Å². The van der Waals surface area contributed by atoms with Crippen molar-refractivity contribution in [2.75, 3.05) is 11.9 Å². The summed E-state index contributed by atoms with van der Waals surface area (Å²) < 4.78 is 5.89. The van der Waals surface area contributed by atoms with E-state index in [1.54, 1.807) is 24.3 Å². The van der Waals surface area contributed by atoms with Gasteiger partial charge in [0.2, 0.25) is 0 Å². The van der Waals surface area contributed by atoms with E-state index in [-0.39, 0.29) is 5.56 Å². The highest BCUT2D eigenvalue weighted by Gasteiger charge is 2.11. The molecule has 0 heterocycles. The number of hydrogen-bond acceptors (Lipinski definition) is 4. The molecule has 0 fully saturated rings. The Bertz CT molecular complexity index is 797. The molecule has 2 aromatic carbocycles. The van der Waals surface area contributed by atoms with Crippen LogP contribution in [0.25, 0.3) is 0 Å². The molecule has 0 aliphatic carbocycles. The van der Waals surface area contributed by atoms with Crippen molar-refractivity contribution in [3.63, 3.8) is 0 Å². The maximum atomic E-state index is 11.9. The summed E-state index contributed by atoms with van der Waals surface area (Å²) >= 11 is 3.38. The first kappa shape index (κ1) is 16.7. The van der Waals surface area contributed by atoms with Crippen LogP contribution in [-0.4, -0.2) is 18.5 Å². The van der Waals surface area contributed by atoms with E-state index < -0.39 is 18.5 Å². The van der Waals surface area contributed by atoms with Crippen LogP contribution in [0, 0.1) is 18.3 Å². The second kappa shape index (κ2) is 7.56. The Morgan fingerprint density at radius 3 is 2.74 bits per heavy atom. The van der Waals surface area contributed by atoms with E-state index >= 15 is 0 Å². The molecule has 23 heavy (non-hydrogen) atoms. The molecule has 0 spiro atoms. The van der Waals surface area contributed by atoms with Gasteiger partial charge in [-0.2, -0.15) is 5.26 Å². The molecule has 0 radical (unpaired) electrons. The van der Waals surface area contributed by atoms with Gasteiger partial charge in [0.1, 0.15) is 0 Å². The van der Waals surface area contributed by atoms with Crippen LogP contribution in [0.1, 0.15) is 21.5 Å².